The molecule has 3 heteroatoms. The molecule has 0 aliphatic heterocycles. The molecule has 76 valence electrons. The van der Waals surface area contributed by atoms with Crippen LogP contribution in [0.15, 0.2) is 35.3 Å². The van der Waals surface area contributed by atoms with Gasteiger partial charge in [0, 0.05) is 6.42 Å². The van der Waals surface area contributed by atoms with Gasteiger partial charge in [0.25, 0.3) is 0 Å². The highest BCUT2D eigenvalue weighted by atomic mass is 79.9. The second-order valence-electron chi connectivity index (χ2n) is 3.01. The molecule has 14 heavy (non-hydrogen) atoms. The van der Waals surface area contributed by atoms with E-state index in [0.717, 1.165) is 15.8 Å². The van der Waals surface area contributed by atoms with E-state index in [1.807, 2.05) is 24.3 Å². The van der Waals surface area contributed by atoms with E-state index in [1.165, 1.54) is 0 Å². The van der Waals surface area contributed by atoms with Crippen molar-refractivity contribution in [2.45, 2.75) is 12.5 Å². The summed E-state index contributed by atoms with van der Waals surface area (Å²) in [5, 5.41) is 9.72. The third-order valence-corrected chi connectivity index (χ3v) is 2.24. The second-order valence-corrected chi connectivity index (χ2v) is 4.13. The van der Waals surface area contributed by atoms with Gasteiger partial charge < -0.3 is 9.84 Å². The summed E-state index contributed by atoms with van der Waals surface area (Å²) in [5.74, 6) is 0.790. The van der Waals surface area contributed by atoms with E-state index in [4.69, 9.17) is 4.74 Å². The molecule has 0 aliphatic carbocycles. The third-order valence-electron chi connectivity index (χ3n) is 1.92. The summed E-state index contributed by atoms with van der Waals surface area (Å²) in [6.45, 7) is 3.69. The average Bonchev–Trinajstić information content (AvgIpc) is 2.17. The molecule has 0 saturated carbocycles. The summed E-state index contributed by atoms with van der Waals surface area (Å²) in [6.07, 6.45) is 0.0135. The Bertz CT molecular complexity index is 306. The molecule has 0 radical (unpaired) electrons. The van der Waals surface area contributed by atoms with Gasteiger partial charge in [-0.2, -0.15) is 0 Å². The van der Waals surface area contributed by atoms with Crippen LogP contribution in [0.25, 0.3) is 0 Å². The van der Waals surface area contributed by atoms with Crippen molar-refractivity contribution in [3.63, 3.8) is 0 Å². The molecule has 0 amide bonds. The SMILES string of the molecule is C=C(Br)CC(O)c1ccc(OC)cc1. The highest BCUT2D eigenvalue weighted by molar-refractivity contribution is 9.11. The lowest BCUT2D eigenvalue weighted by Crippen LogP contribution is -1.96. The molecule has 0 aliphatic rings. The van der Waals surface area contributed by atoms with Crippen LogP contribution in [0.2, 0.25) is 0 Å². The first-order chi connectivity index (χ1) is 6.63. The summed E-state index contributed by atoms with van der Waals surface area (Å²) in [5.41, 5.74) is 0.867. The van der Waals surface area contributed by atoms with Crippen molar-refractivity contribution in [2.75, 3.05) is 7.11 Å². The molecule has 1 N–H and O–H groups in total. The van der Waals surface area contributed by atoms with Crippen molar-refractivity contribution in [3.05, 3.63) is 40.9 Å². The normalized spacial score (nSPS) is 12.2. The van der Waals surface area contributed by atoms with Crippen molar-refractivity contribution >= 4 is 15.9 Å². The summed E-state index contributed by atoms with van der Waals surface area (Å²) in [6, 6.07) is 7.35. The Hall–Kier alpha value is -0.800. The lowest BCUT2D eigenvalue weighted by molar-refractivity contribution is 0.181. The number of benzene rings is 1. The van der Waals surface area contributed by atoms with Crippen LogP contribution < -0.4 is 4.74 Å². The minimum Gasteiger partial charge on any atom is -0.497 e. The summed E-state index contributed by atoms with van der Waals surface area (Å²) < 4.78 is 5.81. The maximum atomic E-state index is 9.72. The zero-order valence-electron chi connectivity index (χ0n) is 8.03. The quantitative estimate of drug-likeness (QED) is 0.898. The van der Waals surface area contributed by atoms with Crippen LogP contribution in [-0.2, 0) is 0 Å². The van der Waals surface area contributed by atoms with Crippen LogP contribution in [-0.4, -0.2) is 12.2 Å². The molecule has 2 nitrogen and oxygen atoms in total. The molecule has 1 aromatic rings. The molecule has 0 bridgehead atoms. The number of aliphatic hydroxyl groups excluding tert-OH is 1. The van der Waals surface area contributed by atoms with E-state index in [-0.39, 0.29) is 0 Å². The predicted molar refractivity (Wildman–Crippen MR) is 60.6 cm³/mol. The van der Waals surface area contributed by atoms with Gasteiger partial charge in [-0.1, -0.05) is 34.6 Å². The fourth-order valence-corrected chi connectivity index (χ4v) is 1.46. The van der Waals surface area contributed by atoms with Crippen LogP contribution in [0.3, 0.4) is 0 Å². The molecule has 1 aromatic carbocycles. The first-order valence-corrected chi connectivity index (χ1v) is 5.08. The van der Waals surface area contributed by atoms with Gasteiger partial charge in [0.1, 0.15) is 5.75 Å². The minimum atomic E-state index is -0.507. The number of hydrogen-bond acceptors (Lipinski definition) is 2. The lowest BCUT2D eigenvalue weighted by atomic mass is 10.1. The van der Waals surface area contributed by atoms with Crippen molar-refractivity contribution < 1.29 is 9.84 Å². The van der Waals surface area contributed by atoms with Crippen LogP contribution in [0, 0.1) is 0 Å². The van der Waals surface area contributed by atoms with Gasteiger partial charge in [0.15, 0.2) is 0 Å². The van der Waals surface area contributed by atoms with Crippen LogP contribution in [0.1, 0.15) is 18.1 Å². The van der Waals surface area contributed by atoms with Gasteiger partial charge >= 0.3 is 0 Å². The Morgan fingerprint density at radius 3 is 2.50 bits per heavy atom. The average molecular weight is 257 g/mol. The monoisotopic (exact) mass is 256 g/mol. The molecular formula is C11H13BrO2. The molecule has 1 unspecified atom stereocenters. The topological polar surface area (TPSA) is 29.5 Å². The van der Waals surface area contributed by atoms with E-state index >= 15 is 0 Å². The van der Waals surface area contributed by atoms with E-state index in [1.54, 1.807) is 7.11 Å². The molecule has 0 saturated heterocycles. The lowest BCUT2D eigenvalue weighted by Gasteiger charge is -2.10. The first-order valence-electron chi connectivity index (χ1n) is 4.28. The summed E-state index contributed by atoms with van der Waals surface area (Å²) in [4.78, 5) is 0. The number of methoxy groups -OCH3 is 1. The minimum absolute atomic E-state index is 0.507. The smallest absolute Gasteiger partial charge is 0.118 e. The summed E-state index contributed by atoms with van der Waals surface area (Å²) in [7, 11) is 1.62. The maximum absolute atomic E-state index is 9.72. The number of halogens is 1. The number of rotatable bonds is 4. The fourth-order valence-electron chi connectivity index (χ4n) is 1.15. The Balaban J connectivity index is 2.71. The van der Waals surface area contributed by atoms with Gasteiger partial charge in [0.2, 0.25) is 0 Å². The predicted octanol–water partition coefficient (Wildman–Crippen LogP) is 3.03. The maximum Gasteiger partial charge on any atom is 0.118 e. The zero-order chi connectivity index (χ0) is 10.6. The molecule has 0 heterocycles. The standard InChI is InChI=1S/C11H13BrO2/c1-8(12)7-11(13)9-3-5-10(14-2)6-4-9/h3-6,11,13H,1,7H2,2H3. The van der Waals surface area contributed by atoms with E-state index in [2.05, 4.69) is 22.5 Å². The van der Waals surface area contributed by atoms with Gasteiger partial charge in [-0.05, 0) is 22.2 Å². The second kappa shape index (κ2) is 5.17. The molecule has 1 rings (SSSR count). The van der Waals surface area contributed by atoms with Crippen molar-refractivity contribution in [1.82, 2.24) is 0 Å². The van der Waals surface area contributed by atoms with Gasteiger partial charge in [0.05, 0.1) is 13.2 Å². The van der Waals surface area contributed by atoms with Crippen molar-refractivity contribution in [2.24, 2.45) is 0 Å². The van der Waals surface area contributed by atoms with Gasteiger partial charge in [-0.25, -0.2) is 0 Å². The molecular weight excluding hydrogens is 244 g/mol. The van der Waals surface area contributed by atoms with E-state index in [9.17, 15) is 5.11 Å². The third kappa shape index (κ3) is 3.16. The summed E-state index contributed by atoms with van der Waals surface area (Å²) >= 11 is 3.22. The van der Waals surface area contributed by atoms with E-state index < -0.39 is 6.10 Å². The van der Waals surface area contributed by atoms with Gasteiger partial charge in [-0.3, -0.25) is 0 Å². The molecule has 0 aromatic heterocycles. The van der Waals surface area contributed by atoms with Crippen molar-refractivity contribution in [1.29, 1.82) is 0 Å². The fraction of sp³-hybridized carbons (Fsp3) is 0.273. The molecule has 1 atom stereocenters. The van der Waals surface area contributed by atoms with Crippen LogP contribution in [0.4, 0.5) is 0 Å². The number of aliphatic hydroxyl groups is 1. The highest BCUT2D eigenvalue weighted by Gasteiger charge is 2.07. The Labute approximate surface area is 92.3 Å². The highest BCUT2D eigenvalue weighted by Crippen LogP contribution is 2.24. The molecule has 0 fully saturated rings. The van der Waals surface area contributed by atoms with Crippen LogP contribution >= 0.6 is 15.9 Å². The first kappa shape index (κ1) is 11.3. The van der Waals surface area contributed by atoms with Gasteiger partial charge in [-0.15, -0.1) is 0 Å². The number of hydrogen-bond donors (Lipinski definition) is 1. The van der Waals surface area contributed by atoms with Crippen LogP contribution in [0.5, 0.6) is 5.75 Å². The Morgan fingerprint density at radius 1 is 1.50 bits per heavy atom. The molecule has 0 spiro atoms. The zero-order valence-corrected chi connectivity index (χ0v) is 9.62. The van der Waals surface area contributed by atoms with E-state index in [0.29, 0.717) is 6.42 Å². The number of ether oxygens (including phenoxy) is 1. The Morgan fingerprint density at radius 2 is 2.07 bits per heavy atom. The van der Waals surface area contributed by atoms with Crippen molar-refractivity contribution in [3.8, 4) is 5.75 Å². The largest absolute Gasteiger partial charge is 0.497 e. The Kier molecular flexibility index (Phi) is 4.17.